The number of halogens is 1. The summed E-state index contributed by atoms with van der Waals surface area (Å²) >= 11 is 3.42. The van der Waals surface area contributed by atoms with Gasteiger partial charge in [0.1, 0.15) is 18.8 Å². The molecule has 1 heterocycles. The quantitative estimate of drug-likeness (QED) is 0.722. The van der Waals surface area contributed by atoms with E-state index in [1.807, 2.05) is 54.6 Å². The molecular formula is C20H20BrNO6. The SMILES string of the molecule is O=C(O)COC1(c2cccc(Br)c2)CCON(C(=O)OCc2ccccc2)C1. The van der Waals surface area contributed by atoms with E-state index >= 15 is 0 Å². The molecule has 2 aromatic rings. The van der Waals surface area contributed by atoms with Crippen LogP contribution in [0, 0.1) is 0 Å². The third kappa shape index (κ3) is 5.09. The molecule has 1 unspecified atom stereocenters. The number of amides is 1. The van der Waals surface area contributed by atoms with Crippen molar-refractivity contribution in [2.45, 2.75) is 18.6 Å². The van der Waals surface area contributed by atoms with Crippen LogP contribution in [0.4, 0.5) is 4.79 Å². The maximum atomic E-state index is 12.5. The van der Waals surface area contributed by atoms with Crippen LogP contribution in [0.3, 0.4) is 0 Å². The number of hydroxylamine groups is 2. The first-order valence-electron chi connectivity index (χ1n) is 8.71. The highest BCUT2D eigenvalue weighted by Gasteiger charge is 2.42. The zero-order chi connectivity index (χ0) is 20.0. The molecule has 0 spiro atoms. The molecule has 0 aliphatic carbocycles. The molecule has 1 aliphatic rings. The fourth-order valence-electron chi connectivity index (χ4n) is 2.99. The summed E-state index contributed by atoms with van der Waals surface area (Å²) in [6, 6.07) is 16.7. The molecule has 28 heavy (non-hydrogen) atoms. The van der Waals surface area contributed by atoms with Gasteiger partial charge >= 0.3 is 12.1 Å². The number of rotatable bonds is 6. The Labute approximate surface area is 170 Å². The summed E-state index contributed by atoms with van der Waals surface area (Å²) < 4.78 is 11.9. The van der Waals surface area contributed by atoms with Gasteiger partial charge in [0, 0.05) is 10.9 Å². The number of carboxylic acid groups (broad SMARTS) is 1. The fraction of sp³-hybridized carbons (Fsp3) is 0.300. The van der Waals surface area contributed by atoms with Crippen molar-refractivity contribution in [1.82, 2.24) is 5.06 Å². The maximum Gasteiger partial charge on any atom is 0.434 e. The molecular weight excluding hydrogens is 430 g/mol. The van der Waals surface area contributed by atoms with Crippen LogP contribution in [-0.4, -0.2) is 42.0 Å². The van der Waals surface area contributed by atoms with E-state index in [0.29, 0.717) is 6.42 Å². The van der Waals surface area contributed by atoms with Gasteiger partial charge in [0.05, 0.1) is 13.2 Å². The number of hydrogen-bond acceptors (Lipinski definition) is 5. The normalized spacial score (nSPS) is 19.2. The van der Waals surface area contributed by atoms with Gasteiger partial charge in [0.15, 0.2) is 0 Å². The highest BCUT2D eigenvalue weighted by molar-refractivity contribution is 9.10. The number of carbonyl (C=O) groups excluding carboxylic acids is 1. The van der Waals surface area contributed by atoms with Crippen LogP contribution in [0.25, 0.3) is 0 Å². The predicted octanol–water partition coefficient (Wildman–Crippen LogP) is 3.72. The van der Waals surface area contributed by atoms with E-state index < -0.39 is 24.3 Å². The molecule has 8 heteroatoms. The summed E-state index contributed by atoms with van der Waals surface area (Å²) in [5.74, 6) is -1.08. The summed E-state index contributed by atoms with van der Waals surface area (Å²) in [6.45, 7) is -0.171. The average molecular weight is 450 g/mol. The van der Waals surface area contributed by atoms with E-state index in [0.717, 1.165) is 20.7 Å². The van der Waals surface area contributed by atoms with E-state index in [-0.39, 0.29) is 19.8 Å². The van der Waals surface area contributed by atoms with Crippen LogP contribution in [0.2, 0.25) is 0 Å². The van der Waals surface area contributed by atoms with E-state index in [1.165, 1.54) is 0 Å². The maximum absolute atomic E-state index is 12.5. The smallest absolute Gasteiger partial charge is 0.434 e. The van der Waals surface area contributed by atoms with Crippen LogP contribution >= 0.6 is 15.9 Å². The lowest BCUT2D eigenvalue weighted by Crippen LogP contribution is -2.51. The van der Waals surface area contributed by atoms with Gasteiger partial charge in [-0.3, -0.25) is 4.84 Å². The molecule has 2 aromatic carbocycles. The molecule has 0 radical (unpaired) electrons. The minimum atomic E-state index is -1.08. The number of ether oxygens (including phenoxy) is 2. The van der Waals surface area contributed by atoms with Crippen LogP contribution in [-0.2, 0) is 31.3 Å². The second-order valence-electron chi connectivity index (χ2n) is 6.35. The summed E-state index contributed by atoms with van der Waals surface area (Å²) in [5, 5.41) is 10.2. The molecule has 1 aliphatic heterocycles. The van der Waals surface area contributed by atoms with Crippen LogP contribution in [0.5, 0.6) is 0 Å². The van der Waals surface area contributed by atoms with Gasteiger partial charge in [-0.15, -0.1) is 0 Å². The molecule has 1 amide bonds. The average Bonchev–Trinajstić information content (AvgIpc) is 2.71. The van der Waals surface area contributed by atoms with E-state index in [2.05, 4.69) is 15.9 Å². The molecule has 0 bridgehead atoms. The second-order valence-corrected chi connectivity index (χ2v) is 7.26. The van der Waals surface area contributed by atoms with Crippen molar-refractivity contribution in [3.05, 3.63) is 70.2 Å². The Kier molecular flexibility index (Phi) is 6.66. The van der Waals surface area contributed by atoms with Crippen LogP contribution < -0.4 is 0 Å². The lowest BCUT2D eigenvalue weighted by molar-refractivity contribution is -0.230. The Bertz CT molecular complexity index is 830. The zero-order valence-electron chi connectivity index (χ0n) is 15.0. The second kappa shape index (κ2) is 9.18. The molecule has 1 saturated heterocycles. The van der Waals surface area contributed by atoms with E-state index in [9.17, 15) is 9.59 Å². The molecule has 148 valence electrons. The molecule has 1 fully saturated rings. The third-order valence-corrected chi connectivity index (χ3v) is 4.88. The van der Waals surface area contributed by atoms with E-state index in [1.54, 1.807) is 0 Å². The number of nitrogens with zero attached hydrogens (tertiary/aromatic N) is 1. The monoisotopic (exact) mass is 449 g/mol. The first kappa shape index (κ1) is 20.3. The van der Waals surface area contributed by atoms with Crippen molar-refractivity contribution in [3.8, 4) is 0 Å². The van der Waals surface area contributed by atoms with Gasteiger partial charge in [-0.2, -0.15) is 5.06 Å². The highest BCUT2D eigenvalue weighted by Crippen LogP contribution is 2.35. The van der Waals surface area contributed by atoms with Crippen LogP contribution in [0.15, 0.2) is 59.1 Å². The largest absolute Gasteiger partial charge is 0.480 e. The van der Waals surface area contributed by atoms with Crippen LogP contribution in [0.1, 0.15) is 17.5 Å². The van der Waals surface area contributed by atoms with E-state index in [4.69, 9.17) is 19.4 Å². The fourth-order valence-corrected chi connectivity index (χ4v) is 3.39. The Morgan fingerprint density at radius 2 is 1.96 bits per heavy atom. The van der Waals surface area contributed by atoms with Crippen molar-refractivity contribution in [1.29, 1.82) is 0 Å². The first-order valence-corrected chi connectivity index (χ1v) is 9.51. The topological polar surface area (TPSA) is 85.3 Å². The van der Waals surface area contributed by atoms with Gasteiger partial charge in [0.2, 0.25) is 0 Å². The van der Waals surface area contributed by atoms with Gasteiger partial charge in [-0.1, -0.05) is 58.4 Å². The number of carbonyl (C=O) groups is 2. The summed E-state index contributed by atoms with van der Waals surface area (Å²) in [5.41, 5.74) is 0.604. The summed E-state index contributed by atoms with van der Waals surface area (Å²) in [6.07, 6.45) is -0.249. The highest BCUT2D eigenvalue weighted by atomic mass is 79.9. The van der Waals surface area contributed by atoms with Gasteiger partial charge in [-0.05, 0) is 23.3 Å². The van der Waals surface area contributed by atoms with Gasteiger partial charge < -0.3 is 14.6 Å². The number of benzene rings is 2. The van der Waals surface area contributed by atoms with Crippen molar-refractivity contribution < 1.29 is 29.0 Å². The first-order chi connectivity index (χ1) is 13.5. The summed E-state index contributed by atoms with van der Waals surface area (Å²) in [4.78, 5) is 29.0. The predicted molar refractivity (Wildman–Crippen MR) is 103 cm³/mol. The minimum Gasteiger partial charge on any atom is -0.480 e. The number of carboxylic acids is 1. The number of aliphatic carboxylic acids is 1. The molecule has 0 aromatic heterocycles. The minimum absolute atomic E-state index is 0.0182. The molecule has 0 saturated carbocycles. The molecule has 1 atom stereocenters. The Hall–Kier alpha value is -2.42. The lowest BCUT2D eigenvalue weighted by Gasteiger charge is -2.41. The standard InChI is InChI=1S/C20H20BrNO6/c21-17-8-4-7-16(11-17)20(27-13-18(23)24)9-10-28-22(14-20)19(25)26-12-15-5-2-1-3-6-15/h1-8,11H,9-10,12-14H2,(H,23,24). The van der Waals surface area contributed by atoms with Gasteiger partial charge in [-0.25, -0.2) is 9.59 Å². The molecule has 3 rings (SSSR count). The zero-order valence-corrected chi connectivity index (χ0v) is 16.6. The third-order valence-electron chi connectivity index (χ3n) is 4.38. The molecule has 1 N–H and O–H groups in total. The van der Waals surface area contributed by atoms with Crippen molar-refractivity contribution >= 4 is 28.0 Å². The lowest BCUT2D eigenvalue weighted by atomic mass is 9.89. The Balaban J connectivity index is 1.75. The number of hydrogen-bond donors (Lipinski definition) is 1. The Morgan fingerprint density at radius 1 is 1.18 bits per heavy atom. The van der Waals surface area contributed by atoms with Crippen molar-refractivity contribution in [2.75, 3.05) is 19.8 Å². The summed E-state index contributed by atoms with van der Waals surface area (Å²) in [7, 11) is 0. The Morgan fingerprint density at radius 3 is 2.68 bits per heavy atom. The molecule has 7 nitrogen and oxygen atoms in total. The van der Waals surface area contributed by atoms with Crippen molar-refractivity contribution in [2.24, 2.45) is 0 Å². The van der Waals surface area contributed by atoms with Gasteiger partial charge in [0.25, 0.3) is 0 Å². The van der Waals surface area contributed by atoms with Crippen molar-refractivity contribution in [3.63, 3.8) is 0 Å².